The minimum absolute atomic E-state index is 0.452. The van der Waals surface area contributed by atoms with E-state index in [1.807, 2.05) is 6.92 Å². The van der Waals surface area contributed by atoms with E-state index in [0.29, 0.717) is 18.1 Å². The standard InChI is InChI=1S/C14H15N3O2/c1-10-2-4-11(5-3-10)8-15-13-7-6-12(9-16-13)17-14(18)19/h2-7,9,17H,8H2,1H3,(H,15,16)(H,18,19). The first-order valence-corrected chi connectivity index (χ1v) is 5.89. The highest BCUT2D eigenvalue weighted by Crippen LogP contribution is 2.11. The number of nitrogens with zero attached hydrogens (tertiary/aromatic N) is 1. The van der Waals surface area contributed by atoms with Gasteiger partial charge in [0.05, 0.1) is 11.9 Å². The minimum Gasteiger partial charge on any atom is -0.465 e. The average Bonchev–Trinajstić information content (AvgIpc) is 2.39. The Morgan fingerprint density at radius 3 is 2.53 bits per heavy atom. The van der Waals surface area contributed by atoms with Crippen molar-refractivity contribution in [3.05, 3.63) is 53.7 Å². The zero-order valence-electron chi connectivity index (χ0n) is 10.6. The molecule has 2 rings (SSSR count). The lowest BCUT2D eigenvalue weighted by Crippen LogP contribution is -2.08. The molecule has 0 bridgehead atoms. The lowest BCUT2D eigenvalue weighted by Gasteiger charge is -2.07. The van der Waals surface area contributed by atoms with Gasteiger partial charge in [-0.15, -0.1) is 0 Å². The number of pyridine rings is 1. The molecule has 5 nitrogen and oxygen atoms in total. The highest BCUT2D eigenvalue weighted by atomic mass is 16.4. The molecule has 3 N–H and O–H groups in total. The Morgan fingerprint density at radius 1 is 1.21 bits per heavy atom. The van der Waals surface area contributed by atoms with Gasteiger partial charge in [0.2, 0.25) is 0 Å². The van der Waals surface area contributed by atoms with Gasteiger partial charge < -0.3 is 10.4 Å². The zero-order chi connectivity index (χ0) is 13.7. The summed E-state index contributed by atoms with van der Waals surface area (Å²) in [5, 5.41) is 14.0. The fourth-order valence-electron chi connectivity index (χ4n) is 1.59. The Hall–Kier alpha value is -2.56. The fourth-order valence-corrected chi connectivity index (χ4v) is 1.59. The maximum Gasteiger partial charge on any atom is 0.409 e. The number of rotatable bonds is 4. The SMILES string of the molecule is Cc1ccc(CNc2ccc(NC(=O)O)cn2)cc1. The van der Waals surface area contributed by atoms with E-state index in [9.17, 15) is 4.79 Å². The van der Waals surface area contributed by atoms with Crippen LogP contribution in [0.2, 0.25) is 0 Å². The number of carboxylic acid groups (broad SMARTS) is 1. The van der Waals surface area contributed by atoms with E-state index in [0.717, 1.165) is 0 Å². The molecule has 0 aliphatic carbocycles. The van der Waals surface area contributed by atoms with E-state index < -0.39 is 6.09 Å². The number of amides is 1. The largest absolute Gasteiger partial charge is 0.465 e. The highest BCUT2D eigenvalue weighted by Gasteiger charge is 1.99. The normalized spacial score (nSPS) is 9.95. The molecule has 1 heterocycles. The van der Waals surface area contributed by atoms with Crippen LogP contribution in [0.5, 0.6) is 0 Å². The molecule has 1 aromatic heterocycles. The molecular formula is C14H15N3O2. The van der Waals surface area contributed by atoms with E-state index in [1.54, 1.807) is 12.1 Å². The summed E-state index contributed by atoms with van der Waals surface area (Å²) in [6.07, 6.45) is 0.383. The van der Waals surface area contributed by atoms with Crippen molar-refractivity contribution in [1.29, 1.82) is 0 Å². The van der Waals surface area contributed by atoms with Gasteiger partial charge in [-0.25, -0.2) is 9.78 Å². The second-order valence-electron chi connectivity index (χ2n) is 4.20. The maximum atomic E-state index is 10.4. The van der Waals surface area contributed by atoms with Crippen LogP contribution in [0.3, 0.4) is 0 Å². The van der Waals surface area contributed by atoms with Gasteiger partial charge in [-0.2, -0.15) is 0 Å². The number of benzene rings is 1. The first kappa shape index (κ1) is 12.9. The summed E-state index contributed by atoms with van der Waals surface area (Å²) in [5.74, 6) is 0.705. The lowest BCUT2D eigenvalue weighted by atomic mass is 10.1. The first-order chi connectivity index (χ1) is 9.13. The topological polar surface area (TPSA) is 74.2 Å². The van der Waals surface area contributed by atoms with Crippen molar-refractivity contribution in [2.24, 2.45) is 0 Å². The van der Waals surface area contributed by atoms with Crippen LogP contribution in [0.25, 0.3) is 0 Å². The summed E-state index contributed by atoms with van der Waals surface area (Å²) in [6, 6.07) is 11.6. The third-order valence-corrected chi connectivity index (χ3v) is 2.61. The van der Waals surface area contributed by atoms with Crippen LogP contribution in [0.15, 0.2) is 42.6 Å². The molecule has 19 heavy (non-hydrogen) atoms. The Balaban J connectivity index is 1.92. The molecule has 0 unspecified atom stereocenters. The highest BCUT2D eigenvalue weighted by molar-refractivity contribution is 5.82. The number of aryl methyl sites for hydroxylation is 1. The van der Waals surface area contributed by atoms with Crippen molar-refractivity contribution >= 4 is 17.6 Å². The van der Waals surface area contributed by atoms with Crippen molar-refractivity contribution < 1.29 is 9.90 Å². The van der Waals surface area contributed by atoms with Crippen LogP contribution in [0.1, 0.15) is 11.1 Å². The second kappa shape index (κ2) is 5.86. The van der Waals surface area contributed by atoms with E-state index >= 15 is 0 Å². The Bertz CT molecular complexity index is 550. The molecular weight excluding hydrogens is 242 g/mol. The Kier molecular flexibility index (Phi) is 3.97. The van der Waals surface area contributed by atoms with Crippen LogP contribution < -0.4 is 10.6 Å². The van der Waals surface area contributed by atoms with Gasteiger partial charge in [0.15, 0.2) is 0 Å². The van der Waals surface area contributed by atoms with Crippen molar-refractivity contribution in [3.8, 4) is 0 Å². The van der Waals surface area contributed by atoms with Gasteiger partial charge in [0.25, 0.3) is 0 Å². The second-order valence-corrected chi connectivity index (χ2v) is 4.20. The number of hydrogen-bond acceptors (Lipinski definition) is 3. The maximum absolute atomic E-state index is 10.4. The zero-order valence-corrected chi connectivity index (χ0v) is 10.6. The minimum atomic E-state index is -1.10. The molecule has 2 aromatic rings. The molecule has 0 saturated carbocycles. The van der Waals surface area contributed by atoms with Gasteiger partial charge in [-0.05, 0) is 24.6 Å². The fraction of sp³-hybridized carbons (Fsp3) is 0.143. The third kappa shape index (κ3) is 3.99. The predicted octanol–water partition coefficient (Wildman–Crippen LogP) is 3.09. The molecule has 98 valence electrons. The van der Waals surface area contributed by atoms with E-state index in [2.05, 4.69) is 39.9 Å². The number of nitrogens with one attached hydrogen (secondary N) is 2. The molecule has 0 spiro atoms. The predicted molar refractivity (Wildman–Crippen MR) is 74.4 cm³/mol. The molecule has 0 atom stereocenters. The first-order valence-electron chi connectivity index (χ1n) is 5.89. The van der Waals surface area contributed by atoms with E-state index in [-0.39, 0.29) is 0 Å². The number of aromatic nitrogens is 1. The Labute approximate surface area is 111 Å². The quantitative estimate of drug-likeness (QED) is 0.786. The average molecular weight is 257 g/mol. The summed E-state index contributed by atoms with van der Waals surface area (Å²) < 4.78 is 0. The van der Waals surface area contributed by atoms with Crippen LogP contribution >= 0.6 is 0 Å². The van der Waals surface area contributed by atoms with Gasteiger partial charge in [-0.3, -0.25) is 5.32 Å². The summed E-state index contributed by atoms with van der Waals surface area (Å²) in [7, 11) is 0. The van der Waals surface area contributed by atoms with Crippen molar-refractivity contribution in [1.82, 2.24) is 4.98 Å². The van der Waals surface area contributed by atoms with Crippen molar-refractivity contribution in [3.63, 3.8) is 0 Å². The molecule has 0 radical (unpaired) electrons. The van der Waals surface area contributed by atoms with Crippen LogP contribution in [-0.4, -0.2) is 16.2 Å². The molecule has 0 aliphatic rings. The molecule has 1 amide bonds. The molecule has 0 fully saturated rings. The van der Waals surface area contributed by atoms with Gasteiger partial charge in [-0.1, -0.05) is 29.8 Å². The van der Waals surface area contributed by atoms with Gasteiger partial charge >= 0.3 is 6.09 Å². The molecule has 0 aliphatic heterocycles. The van der Waals surface area contributed by atoms with E-state index in [4.69, 9.17) is 5.11 Å². The number of anilines is 2. The van der Waals surface area contributed by atoms with E-state index in [1.165, 1.54) is 17.3 Å². The van der Waals surface area contributed by atoms with Crippen molar-refractivity contribution in [2.75, 3.05) is 10.6 Å². The number of carbonyl (C=O) groups is 1. The summed E-state index contributed by atoms with van der Waals surface area (Å²) >= 11 is 0. The van der Waals surface area contributed by atoms with Crippen LogP contribution in [0, 0.1) is 6.92 Å². The Morgan fingerprint density at radius 2 is 1.95 bits per heavy atom. The van der Waals surface area contributed by atoms with Crippen LogP contribution in [0.4, 0.5) is 16.3 Å². The van der Waals surface area contributed by atoms with Crippen molar-refractivity contribution in [2.45, 2.75) is 13.5 Å². The van der Waals surface area contributed by atoms with Gasteiger partial charge in [0, 0.05) is 6.54 Å². The molecule has 0 saturated heterocycles. The van der Waals surface area contributed by atoms with Gasteiger partial charge in [0.1, 0.15) is 5.82 Å². The summed E-state index contributed by atoms with van der Waals surface area (Å²) in [5.41, 5.74) is 2.85. The number of hydrogen-bond donors (Lipinski definition) is 3. The monoisotopic (exact) mass is 257 g/mol. The summed E-state index contributed by atoms with van der Waals surface area (Å²) in [6.45, 7) is 2.73. The lowest BCUT2D eigenvalue weighted by molar-refractivity contribution is 0.209. The smallest absolute Gasteiger partial charge is 0.409 e. The van der Waals surface area contributed by atoms with Crippen LogP contribution in [-0.2, 0) is 6.54 Å². The molecule has 1 aromatic carbocycles. The summed E-state index contributed by atoms with van der Waals surface area (Å²) in [4.78, 5) is 14.6. The third-order valence-electron chi connectivity index (χ3n) is 2.61. The molecule has 5 heteroatoms.